The fraction of sp³-hybridized carbons (Fsp3) is 0.400. The molecule has 1 aromatic heterocycles. The number of aromatic nitrogens is 1. The predicted molar refractivity (Wildman–Crippen MR) is 64.5 cm³/mol. The molecule has 98 valence electrons. The average molecular weight is 274 g/mol. The second-order valence-corrected chi connectivity index (χ2v) is 4.20. The van der Waals surface area contributed by atoms with Crippen molar-refractivity contribution in [1.29, 1.82) is 0 Å². The monoisotopic (exact) mass is 273 g/mol. The molecule has 1 N–H and O–H groups in total. The lowest BCUT2D eigenvalue weighted by atomic mass is 10.2. The highest BCUT2D eigenvalue weighted by Gasteiger charge is 2.24. The van der Waals surface area contributed by atoms with Gasteiger partial charge in [-0.15, -0.1) is 0 Å². The number of hydrogen-bond donors (Lipinski definition) is 1. The van der Waals surface area contributed by atoms with Gasteiger partial charge in [-0.3, -0.25) is 14.9 Å². The first-order valence-corrected chi connectivity index (χ1v) is 5.44. The number of amides is 1. The summed E-state index contributed by atoms with van der Waals surface area (Å²) in [7, 11) is 1.44. The highest BCUT2D eigenvalue weighted by Crippen LogP contribution is 2.21. The van der Waals surface area contributed by atoms with Crippen molar-refractivity contribution in [2.24, 2.45) is 0 Å². The molecule has 1 unspecified atom stereocenters. The van der Waals surface area contributed by atoms with Crippen LogP contribution < -0.4 is 0 Å². The Balaban J connectivity index is 3.11. The number of aliphatic hydroxyl groups excluding tert-OH is 1. The lowest BCUT2D eigenvalue weighted by Crippen LogP contribution is -2.33. The molecule has 1 amide bonds. The van der Waals surface area contributed by atoms with Gasteiger partial charge in [0.15, 0.2) is 0 Å². The van der Waals surface area contributed by atoms with Gasteiger partial charge in [0.05, 0.1) is 11.0 Å². The molecule has 8 heteroatoms. The molecule has 0 fully saturated rings. The quantitative estimate of drug-likeness (QED) is 0.503. The molecule has 0 spiro atoms. The van der Waals surface area contributed by atoms with Gasteiger partial charge in [0.1, 0.15) is 16.9 Å². The van der Waals surface area contributed by atoms with Gasteiger partial charge >= 0.3 is 0 Å². The number of hydrogen-bond acceptors (Lipinski definition) is 5. The summed E-state index contributed by atoms with van der Waals surface area (Å²) in [5, 5.41) is 20.0. The van der Waals surface area contributed by atoms with Gasteiger partial charge in [-0.1, -0.05) is 11.6 Å². The van der Waals surface area contributed by atoms with Crippen LogP contribution in [0.5, 0.6) is 0 Å². The fourth-order valence-corrected chi connectivity index (χ4v) is 1.58. The van der Waals surface area contributed by atoms with Crippen LogP contribution in [-0.2, 0) is 0 Å². The molecule has 18 heavy (non-hydrogen) atoms. The Hall–Kier alpha value is -1.73. The SMILES string of the molecule is CC(O)CN(C)C(=O)c1cc(Cl)ncc1[N+](=O)[O-]. The van der Waals surface area contributed by atoms with Gasteiger partial charge in [0.2, 0.25) is 0 Å². The number of rotatable bonds is 4. The van der Waals surface area contributed by atoms with E-state index in [-0.39, 0.29) is 17.3 Å². The van der Waals surface area contributed by atoms with Crippen LogP contribution in [0.15, 0.2) is 12.3 Å². The topological polar surface area (TPSA) is 96.6 Å². The summed E-state index contributed by atoms with van der Waals surface area (Å²) in [4.78, 5) is 26.8. The molecule has 1 rings (SSSR count). The first-order valence-electron chi connectivity index (χ1n) is 5.06. The molecular formula is C10H12ClN3O4. The maximum absolute atomic E-state index is 12.0. The number of carbonyl (C=O) groups excluding carboxylic acids is 1. The minimum absolute atomic E-state index is 0.00519. The predicted octanol–water partition coefficient (Wildman–Crippen LogP) is 1.10. The van der Waals surface area contributed by atoms with Gasteiger partial charge in [-0.05, 0) is 13.0 Å². The number of aliphatic hydroxyl groups is 1. The average Bonchev–Trinajstić information content (AvgIpc) is 2.26. The smallest absolute Gasteiger partial charge is 0.300 e. The number of carbonyl (C=O) groups is 1. The van der Waals surface area contributed by atoms with Crippen molar-refractivity contribution in [2.45, 2.75) is 13.0 Å². The van der Waals surface area contributed by atoms with E-state index in [4.69, 9.17) is 11.6 Å². The lowest BCUT2D eigenvalue weighted by molar-refractivity contribution is -0.385. The van der Waals surface area contributed by atoms with E-state index in [1.54, 1.807) is 0 Å². The van der Waals surface area contributed by atoms with Gasteiger partial charge in [-0.2, -0.15) is 0 Å². The molecule has 0 aliphatic rings. The summed E-state index contributed by atoms with van der Waals surface area (Å²) in [5.41, 5.74) is -0.565. The van der Waals surface area contributed by atoms with Crippen molar-refractivity contribution in [2.75, 3.05) is 13.6 Å². The summed E-state index contributed by atoms with van der Waals surface area (Å²) in [6.45, 7) is 1.58. The molecule has 0 aromatic carbocycles. The van der Waals surface area contributed by atoms with Crippen molar-refractivity contribution in [3.8, 4) is 0 Å². The summed E-state index contributed by atoms with van der Waals surface area (Å²) < 4.78 is 0. The molecule has 1 aromatic rings. The van der Waals surface area contributed by atoms with E-state index in [0.717, 1.165) is 12.3 Å². The van der Waals surface area contributed by atoms with E-state index in [1.165, 1.54) is 18.9 Å². The second-order valence-electron chi connectivity index (χ2n) is 3.82. The Morgan fingerprint density at radius 1 is 1.72 bits per heavy atom. The Morgan fingerprint density at radius 2 is 2.33 bits per heavy atom. The Morgan fingerprint density at radius 3 is 2.83 bits per heavy atom. The van der Waals surface area contributed by atoms with Crippen molar-refractivity contribution >= 4 is 23.2 Å². The van der Waals surface area contributed by atoms with E-state index in [9.17, 15) is 20.0 Å². The van der Waals surface area contributed by atoms with E-state index in [2.05, 4.69) is 4.98 Å². The van der Waals surface area contributed by atoms with E-state index < -0.39 is 22.6 Å². The first kappa shape index (κ1) is 14.3. The first-order chi connectivity index (χ1) is 8.32. The van der Waals surface area contributed by atoms with Crippen LogP contribution in [0.2, 0.25) is 5.15 Å². The minimum Gasteiger partial charge on any atom is -0.392 e. The van der Waals surface area contributed by atoms with Crippen LogP contribution in [0.1, 0.15) is 17.3 Å². The second kappa shape index (κ2) is 5.74. The molecule has 0 saturated carbocycles. The number of nitro groups is 1. The van der Waals surface area contributed by atoms with Crippen LogP contribution in [-0.4, -0.2) is 45.5 Å². The van der Waals surface area contributed by atoms with Gasteiger partial charge in [0, 0.05) is 13.6 Å². The number of likely N-dealkylation sites (N-methyl/N-ethyl adjacent to an activating group) is 1. The Bertz CT molecular complexity index is 478. The maximum Gasteiger partial charge on any atom is 0.300 e. The van der Waals surface area contributed by atoms with E-state index in [0.29, 0.717) is 0 Å². The standard InChI is InChI=1S/C10H12ClN3O4/c1-6(15)5-13(2)10(16)7-3-9(11)12-4-8(7)14(17)18/h3-4,6,15H,5H2,1-2H3. The summed E-state index contributed by atoms with van der Waals surface area (Å²) in [5.74, 6) is -0.591. The van der Waals surface area contributed by atoms with E-state index >= 15 is 0 Å². The number of nitrogens with zero attached hydrogens (tertiary/aromatic N) is 3. The number of halogens is 1. The highest BCUT2D eigenvalue weighted by atomic mass is 35.5. The molecule has 0 saturated heterocycles. The summed E-state index contributed by atoms with van der Waals surface area (Å²) in [6, 6.07) is 1.14. The van der Waals surface area contributed by atoms with Gasteiger partial charge < -0.3 is 10.0 Å². The van der Waals surface area contributed by atoms with Crippen LogP contribution in [0, 0.1) is 10.1 Å². The molecule has 7 nitrogen and oxygen atoms in total. The third-order valence-corrected chi connectivity index (χ3v) is 2.37. The Labute approximate surface area is 108 Å². The van der Waals surface area contributed by atoms with Crippen LogP contribution >= 0.6 is 11.6 Å². The van der Waals surface area contributed by atoms with Crippen molar-refractivity contribution < 1.29 is 14.8 Å². The molecule has 0 aliphatic carbocycles. The molecule has 0 aliphatic heterocycles. The van der Waals surface area contributed by atoms with Gasteiger partial charge in [-0.25, -0.2) is 4.98 Å². The molecular weight excluding hydrogens is 262 g/mol. The van der Waals surface area contributed by atoms with Crippen LogP contribution in [0.4, 0.5) is 5.69 Å². The van der Waals surface area contributed by atoms with Crippen LogP contribution in [0.25, 0.3) is 0 Å². The minimum atomic E-state index is -0.727. The van der Waals surface area contributed by atoms with E-state index in [1.807, 2.05) is 0 Å². The summed E-state index contributed by atoms with van der Waals surface area (Å²) >= 11 is 5.62. The fourth-order valence-electron chi connectivity index (χ4n) is 1.42. The zero-order valence-electron chi connectivity index (χ0n) is 9.83. The Kier molecular flexibility index (Phi) is 4.57. The third-order valence-electron chi connectivity index (χ3n) is 2.16. The zero-order chi connectivity index (χ0) is 13.9. The lowest BCUT2D eigenvalue weighted by Gasteiger charge is -2.18. The molecule has 1 heterocycles. The van der Waals surface area contributed by atoms with Gasteiger partial charge in [0.25, 0.3) is 11.6 Å². The molecule has 0 radical (unpaired) electrons. The summed E-state index contributed by atoms with van der Waals surface area (Å²) in [6.07, 6.45) is 0.210. The van der Waals surface area contributed by atoms with Crippen molar-refractivity contribution in [1.82, 2.24) is 9.88 Å². The van der Waals surface area contributed by atoms with Crippen LogP contribution in [0.3, 0.4) is 0 Å². The highest BCUT2D eigenvalue weighted by molar-refractivity contribution is 6.29. The normalized spacial score (nSPS) is 12.0. The molecule has 1 atom stereocenters. The largest absolute Gasteiger partial charge is 0.392 e. The van der Waals surface area contributed by atoms with Crippen molar-refractivity contribution in [3.05, 3.63) is 33.1 Å². The maximum atomic E-state index is 12.0. The number of pyridine rings is 1. The molecule has 0 bridgehead atoms. The third kappa shape index (κ3) is 3.38. The zero-order valence-corrected chi connectivity index (χ0v) is 10.6. The van der Waals surface area contributed by atoms with Crippen molar-refractivity contribution in [3.63, 3.8) is 0 Å².